The topological polar surface area (TPSA) is 26.7 Å². The summed E-state index contributed by atoms with van der Waals surface area (Å²) in [6.07, 6.45) is 4.02. The Morgan fingerprint density at radius 3 is 2.65 bits per heavy atom. The molecule has 1 aromatic rings. The van der Waals surface area contributed by atoms with Gasteiger partial charge in [-0.05, 0) is 63.4 Å². The summed E-state index contributed by atoms with van der Waals surface area (Å²) in [5.41, 5.74) is 1.31. The van der Waals surface area contributed by atoms with E-state index in [1.165, 1.54) is 44.5 Å². The van der Waals surface area contributed by atoms with Gasteiger partial charge in [0.05, 0.1) is 0 Å². The molecule has 0 spiro atoms. The average molecular weight is 274 g/mol. The molecular weight excluding hydrogens is 248 g/mol. The van der Waals surface area contributed by atoms with Crippen molar-refractivity contribution in [1.29, 1.82) is 0 Å². The molecule has 20 heavy (non-hydrogen) atoms. The van der Waals surface area contributed by atoms with E-state index >= 15 is 0 Å². The van der Waals surface area contributed by atoms with Gasteiger partial charge in [-0.25, -0.2) is 0 Å². The first-order chi connectivity index (χ1) is 9.65. The summed E-state index contributed by atoms with van der Waals surface area (Å²) in [5.74, 6) is 1.19. The Kier molecular flexibility index (Phi) is 3.99. The molecule has 3 heteroatoms. The fourth-order valence-corrected chi connectivity index (χ4v) is 4.00. The minimum atomic E-state index is 0.355. The van der Waals surface area contributed by atoms with Crippen LogP contribution in [0.15, 0.2) is 24.3 Å². The molecule has 3 nitrogen and oxygen atoms in total. The minimum absolute atomic E-state index is 0.355. The highest BCUT2D eigenvalue weighted by atomic mass is 16.3. The molecule has 110 valence electrons. The van der Waals surface area contributed by atoms with Crippen LogP contribution in [0.5, 0.6) is 5.75 Å². The zero-order valence-corrected chi connectivity index (χ0v) is 12.6. The molecule has 2 saturated heterocycles. The Balaban J connectivity index is 1.68. The largest absolute Gasteiger partial charge is 0.508 e. The number of rotatable bonds is 2. The van der Waals surface area contributed by atoms with Crippen molar-refractivity contribution < 1.29 is 5.11 Å². The van der Waals surface area contributed by atoms with Crippen LogP contribution in [0.4, 0.5) is 0 Å². The van der Waals surface area contributed by atoms with Crippen molar-refractivity contribution in [3.8, 4) is 5.75 Å². The first-order valence-electron chi connectivity index (χ1n) is 7.88. The lowest BCUT2D eigenvalue weighted by atomic mass is 9.83. The number of likely N-dealkylation sites (tertiary alicyclic amines) is 2. The predicted molar refractivity (Wildman–Crippen MR) is 81.9 cm³/mol. The van der Waals surface area contributed by atoms with Gasteiger partial charge in [0.2, 0.25) is 0 Å². The molecule has 0 bridgehead atoms. The second-order valence-electron chi connectivity index (χ2n) is 6.50. The van der Waals surface area contributed by atoms with E-state index in [1.54, 1.807) is 12.1 Å². The first kappa shape index (κ1) is 13.9. The number of fused-ring (bicyclic) bond motifs is 1. The zero-order valence-electron chi connectivity index (χ0n) is 12.6. The standard InChI is InChI=1S/C17H26N2O/c1-13(14-5-7-16(20)8-6-14)19-11-9-17-15(12-19)4-3-10-18(17)2/h5-8,13,15,17,20H,3-4,9-12H2,1-2H3. The summed E-state index contributed by atoms with van der Waals surface area (Å²) in [6.45, 7) is 5.97. The van der Waals surface area contributed by atoms with Crippen molar-refractivity contribution in [2.45, 2.75) is 38.3 Å². The number of aromatic hydroxyl groups is 1. The number of benzene rings is 1. The molecule has 1 aromatic carbocycles. The van der Waals surface area contributed by atoms with Crippen LogP contribution in [-0.2, 0) is 0 Å². The number of piperidine rings is 2. The van der Waals surface area contributed by atoms with E-state index in [1.807, 2.05) is 0 Å². The van der Waals surface area contributed by atoms with Crippen molar-refractivity contribution in [2.75, 3.05) is 26.7 Å². The molecule has 2 fully saturated rings. The summed E-state index contributed by atoms with van der Waals surface area (Å²) in [5, 5.41) is 9.41. The lowest BCUT2D eigenvalue weighted by Crippen LogP contribution is -2.53. The Labute approximate surface area is 122 Å². The van der Waals surface area contributed by atoms with Gasteiger partial charge in [0, 0.05) is 25.2 Å². The highest BCUT2D eigenvalue weighted by molar-refractivity contribution is 5.27. The van der Waals surface area contributed by atoms with Gasteiger partial charge in [0.15, 0.2) is 0 Å². The van der Waals surface area contributed by atoms with Crippen molar-refractivity contribution in [1.82, 2.24) is 9.80 Å². The maximum Gasteiger partial charge on any atom is 0.115 e. The highest BCUT2D eigenvalue weighted by Gasteiger charge is 2.35. The lowest BCUT2D eigenvalue weighted by Gasteiger charge is -2.47. The Hall–Kier alpha value is -1.06. The predicted octanol–water partition coefficient (Wildman–Crippen LogP) is 2.87. The normalized spacial score (nSPS) is 29.9. The third-order valence-electron chi connectivity index (χ3n) is 5.30. The van der Waals surface area contributed by atoms with Gasteiger partial charge in [-0.3, -0.25) is 4.90 Å². The van der Waals surface area contributed by atoms with Gasteiger partial charge in [0.1, 0.15) is 5.75 Å². The van der Waals surface area contributed by atoms with Crippen LogP contribution in [0.2, 0.25) is 0 Å². The Morgan fingerprint density at radius 2 is 1.90 bits per heavy atom. The molecule has 2 aliphatic heterocycles. The first-order valence-corrected chi connectivity index (χ1v) is 7.88. The fourth-order valence-electron chi connectivity index (χ4n) is 4.00. The van der Waals surface area contributed by atoms with Gasteiger partial charge < -0.3 is 10.0 Å². The van der Waals surface area contributed by atoms with Crippen molar-refractivity contribution in [3.63, 3.8) is 0 Å². The zero-order chi connectivity index (χ0) is 14.1. The molecule has 2 aliphatic rings. The molecule has 3 unspecified atom stereocenters. The molecule has 3 atom stereocenters. The van der Waals surface area contributed by atoms with Gasteiger partial charge >= 0.3 is 0 Å². The number of phenolic OH excluding ortho intramolecular Hbond substituents is 1. The molecular formula is C17H26N2O. The maximum atomic E-state index is 9.41. The van der Waals surface area contributed by atoms with Crippen molar-refractivity contribution >= 4 is 0 Å². The highest BCUT2D eigenvalue weighted by Crippen LogP contribution is 2.33. The van der Waals surface area contributed by atoms with Crippen LogP contribution in [0, 0.1) is 5.92 Å². The van der Waals surface area contributed by atoms with E-state index in [-0.39, 0.29) is 0 Å². The van der Waals surface area contributed by atoms with E-state index in [0.717, 1.165) is 12.0 Å². The molecule has 3 rings (SSSR count). The van der Waals surface area contributed by atoms with Crippen LogP contribution in [0.3, 0.4) is 0 Å². The summed E-state index contributed by atoms with van der Waals surface area (Å²) in [4.78, 5) is 5.18. The van der Waals surface area contributed by atoms with Crippen LogP contribution in [0.25, 0.3) is 0 Å². The Morgan fingerprint density at radius 1 is 1.15 bits per heavy atom. The van der Waals surface area contributed by atoms with Crippen LogP contribution in [-0.4, -0.2) is 47.6 Å². The third-order valence-corrected chi connectivity index (χ3v) is 5.30. The van der Waals surface area contributed by atoms with Gasteiger partial charge in [-0.15, -0.1) is 0 Å². The number of nitrogens with zero attached hydrogens (tertiary/aromatic N) is 2. The molecule has 0 radical (unpaired) electrons. The third kappa shape index (κ3) is 2.70. The number of phenols is 1. The molecule has 0 amide bonds. The van der Waals surface area contributed by atoms with E-state index < -0.39 is 0 Å². The van der Waals surface area contributed by atoms with E-state index in [9.17, 15) is 5.11 Å². The summed E-state index contributed by atoms with van der Waals surface area (Å²) >= 11 is 0. The van der Waals surface area contributed by atoms with Crippen LogP contribution in [0.1, 0.15) is 37.8 Å². The summed E-state index contributed by atoms with van der Waals surface area (Å²) in [7, 11) is 2.29. The van der Waals surface area contributed by atoms with Crippen LogP contribution < -0.4 is 0 Å². The summed E-state index contributed by atoms with van der Waals surface area (Å²) in [6, 6.07) is 8.95. The smallest absolute Gasteiger partial charge is 0.115 e. The molecule has 0 saturated carbocycles. The Bertz CT molecular complexity index is 445. The molecule has 0 aromatic heterocycles. The quantitative estimate of drug-likeness (QED) is 0.898. The van der Waals surface area contributed by atoms with Gasteiger partial charge in [0.25, 0.3) is 0 Å². The second-order valence-corrected chi connectivity index (χ2v) is 6.50. The molecule has 1 N–H and O–H groups in total. The maximum absolute atomic E-state index is 9.41. The lowest BCUT2D eigenvalue weighted by molar-refractivity contribution is 0.0229. The second kappa shape index (κ2) is 5.74. The summed E-state index contributed by atoms with van der Waals surface area (Å²) < 4.78 is 0. The molecule has 0 aliphatic carbocycles. The fraction of sp³-hybridized carbons (Fsp3) is 0.647. The van der Waals surface area contributed by atoms with E-state index in [2.05, 4.69) is 35.9 Å². The van der Waals surface area contributed by atoms with Crippen LogP contribution >= 0.6 is 0 Å². The van der Waals surface area contributed by atoms with E-state index in [4.69, 9.17) is 0 Å². The van der Waals surface area contributed by atoms with E-state index in [0.29, 0.717) is 11.8 Å². The van der Waals surface area contributed by atoms with Crippen molar-refractivity contribution in [3.05, 3.63) is 29.8 Å². The number of hydrogen-bond acceptors (Lipinski definition) is 3. The van der Waals surface area contributed by atoms with Gasteiger partial charge in [-0.2, -0.15) is 0 Å². The SMILES string of the molecule is CC(c1ccc(O)cc1)N1CCC2C(CCCN2C)C1. The minimum Gasteiger partial charge on any atom is -0.508 e. The number of hydrogen-bond donors (Lipinski definition) is 1. The van der Waals surface area contributed by atoms with Gasteiger partial charge in [-0.1, -0.05) is 12.1 Å². The monoisotopic (exact) mass is 274 g/mol. The molecule has 2 heterocycles. The van der Waals surface area contributed by atoms with Crippen molar-refractivity contribution in [2.24, 2.45) is 5.92 Å². The average Bonchev–Trinajstić information content (AvgIpc) is 2.47.